The van der Waals surface area contributed by atoms with Crippen molar-refractivity contribution in [3.63, 3.8) is 0 Å². The van der Waals surface area contributed by atoms with Crippen molar-refractivity contribution in [3.05, 3.63) is 24.3 Å². The minimum Gasteiger partial charge on any atom is -0.370 e. The molecular weight excluding hydrogens is 304 g/mol. The Kier molecular flexibility index (Phi) is 7.80. The smallest absolute Gasteiger partial charge is 0.237 e. The number of hydrogen-bond donors (Lipinski definition) is 1. The molecule has 1 unspecified atom stereocenters. The third-order valence-electron chi connectivity index (χ3n) is 4.34. The quantitative estimate of drug-likeness (QED) is 0.718. The molecule has 1 aliphatic heterocycles. The first-order valence-electron chi connectivity index (χ1n) is 8.99. The Balaban J connectivity index is 2.00. The van der Waals surface area contributed by atoms with Gasteiger partial charge in [-0.2, -0.15) is 0 Å². The molecule has 3 nitrogen and oxygen atoms in total. The lowest BCUT2D eigenvalue weighted by molar-refractivity contribution is -0.115. The van der Waals surface area contributed by atoms with Gasteiger partial charge in [-0.1, -0.05) is 38.3 Å². The number of benzene rings is 1. The Morgan fingerprint density at radius 3 is 2.61 bits per heavy atom. The van der Waals surface area contributed by atoms with Crippen molar-refractivity contribution in [1.29, 1.82) is 0 Å². The summed E-state index contributed by atoms with van der Waals surface area (Å²) >= 11 is 1.75. The molecule has 128 valence electrons. The molecule has 0 bridgehead atoms. The zero-order valence-electron chi connectivity index (χ0n) is 14.5. The summed E-state index contributed by atoms with van der Waals surface area (Å²) in [6.45, 7) is 6.37. The van der Waals surface area contributed by atoms with Crippen LogP contribution in [0.25, 0.3) is 0 Å². The summed E-state index contributed by atoms with van der Waals surface area (Å²) in [7, 11) is 0. The van der Waals surface area contributed by atoms with Gasteiger partial charge in [0.25, 0.3) is 0 Å². The molecule has 1 aromatic rings. The molecule has 4 heteroatoms. The zero-order chi connectivity index (χ0) is 16.5. The van der Waals surface area contributed by atoms with Crippen molar-refractivity contribution in [1.82, 2.24) is 0 Å². The van der Waals surface area contributed by atoms with Crippen LogP contribution in [0.4, 0.5) is 11.4 Å². The highest BCUT2D eigenvalue weighted by atomic mass is 32.2. The van der Waals surface area contributed by atoms with Gasteiger partial charge in [0.05, 0.1) is 16.6 Å². The summed E-state index contributed by atoms with van der Waals surface area (Å²) in [5.41, 5.74) is 2.14. The maximum absolute atomic E-state index is 12.5. The monoisotopic (exact) mass is 334 g/mol. The first-order valence-corrected chi connectivity index (χ1v) is 10.0. The first-order chi connectivity index (χ1) is 11.2. The molecular formula is C19H30N2OS. The Hall–Kier alpha value is -1.16. The molecule has 1 aromatic carbocycles. The van der Waals surface area contributed by atoms with Crippen LogP contribution in [0.2, 0.25) is 0 Å². The highest BCUT2D eigenvalue weighted by Gasteiger charge is 2.17. The van der Waals surface area contributed by atoms with Gasteiger partial charge in [-0.3, -0.25) is 4.79 Å². The average molecular weight is 335 g/mol. The molecule has 1 N–H and O–H groups in total. The second-order valence-electron chi connectivity index (χ2n) is 6.27. The zero-order valence-corrected chi connectivity index (χ0v) is 15.3. The van der Waals surface area contributed by atoms with Crippen LogP contribution in [0.5, 0.6) is 0 Å². The average Bonchev–Trinajstić information content (AvgIpc) is 2.84. The van der Waals surface area contributed by atoms with E-state index < -0.39 is 0 Å². The van der Waals surface area contributed by atoms with Crippen LogP contribution in [-0.2, 0) is 4.79 Å². The van der Waals surface area contributed by atoms with Gasteiger partial charge < -0.3 is 10.2 Å². The van der Waals surface area contributed by atoms with Gasteiger partial charge in [0.1, 0.15) is 0 Å². The summed E-state index contributed by atoms with van der Waals surface area (Å²) in [5.74, 6) is 1.17. The molecule has 1 heterocycles. The van der Waals surface area contributed by atoms with E-state index in [1.54, 1.807) is 11.8 Å². The molecule has 2 rings (SSSR count). The van der Waals surface area contributed by atoms with Crippen molar-refractivity contribution in [3.8, 4) is 0 Å². The number of hydrogen-bond acceptors (Lipinski definition) is 3. The molecule has 1 fully saturated rings. The molecule has 1 amide bonds. The van der Waals surface area contributed by atoms with Gasteiger partial charge in [-0.25, -0.2) is 0 Å². The van der Waals surface area contributed by atoms with E-state index in [0.29, 0.717) is 0 Å². The first kappa shape index (κ1) is 18.2. The number of thioether (sulfide) groups is 1. The molecule has 1 aliphatic rings. The normalized spacial score (nSPS) is 16.7. The van der Waals surface area contributed by atoms with E-state index in [2.05, 4.69) is 29.3 Å². The van der Waals surface area contributed by atoms with Crippen molar-refractivity contribution in [2.24, 2.45) is 0 Å². The molecule has 1 saturated heterocycles. The Bertz CT molecular complexity index is 484. The van der Waals surface area contributed by atoms with Gasteiger partial charge in [0, 0.05) is 13.1 Å². The minimum atomic E-state index is -0.00117. The summed E-state index contributed by atoms with van der Waals surface area (Å²) in [4.78, 5) is 14.9. The van der Waals surface area contributed by atoms with Crippen LogP contribution in [0.1, 0.15) is 52.4 Å². The maximum atomic E-state index is 12.5. The van der Waals surface area contributed by atoms with E-state index in [-0.39, 0.29) is 11.2 Å². The van der Waals surface area contributed by atoms with Gasteiger partial charge in [-0.15, -0.1) is 11.8 Å². The molecule has 0 saturated carbocycles. The largest absolute Gasteiger partial charge is 0.370 e. The fourth-order valence-corrected chi connectivity index (χ4v) is 3.90. The predicted octanol–water partition coefficient (Wildman–Crippen LogP) is 4.93. The summed E-state index contributed by atoms with van der Waals surface area (Å²) in [6, 6.07) is 8.23. The number of nitrogens with one attached hydrogen (secondary N) is 1. The maximum Gasteiger partial charge on any atom is 0.237 e. The Labute approximate surface area is 145 Å². The molecule has 1 atom stereocenters. The number of carbonyl (C=O) groups excluding carboxylic acids is 1. The van der Waals surface area contributed by atoms with Gasteiger partial charge >= 0.3 is 0 Å². The molecule has 0 radical (unpaired) electrons. The highest BCUT2D eigenvalue weighted by molar-refractivity contribution is 8.00. The third-order valence-corrected chi connectivity index (χ3v) is 5.58. The van der Waals surface area contributed by atoms with Crippen LogP contribution < -0.4 is 10.2 Å². The van der Waals surface area contributed by atoms with Crippen LogP contribution >= 0.6 is 11.8 Å². The standard InChI is InChI=1S/C19H30N2OS/c1-3-4-15-23-16(2)19(22)20-17-11-7-8-12-18(17)21-13-9-5-6-10-14-21/h7-8,11-12,16H,3-6,9-10,13-15H2,1-2H3,(H,20,22). The summed E-state index contributed by atoms with van der Waals surface area (Å²) in [5, 5.41) is 3.15. The van der Waals surface area contributed by atoms with Crippen LogP contribution in [0, 0.1) is 0 Å². The SMILES string of the molecule is CCCCSC(C)C(=O)Nc1ccccc1N1CCCCCC1. The van der Waals surface area contributed by atoms with E-state index in [4.69, 9.17) is 0 Å². The van der Waals surface area contributed by atoms with Crippen molar-refractivity contribution in [2.75, 3.05) is 29.1 Å². The number of unbranched alkanes of at least 4 members (excludes halogenated alkanes) is 1. The molecule has 23 heavy (non-hydrogen) atoms. The van der Waals surface area contributed by atoms with Crippen LogP contribution in [-0.4, -0.2) is 30.0 Å². The van der Waals surface area contributed by atoms with E-state index in [1.807, 2.05) is 19.1 Å². The predicted molar refractivity (Wildman–Crippen MR) is 103 cm³/mol. The fourth-order valence-electron chi connectivity index (χ4n) is 2.88. The topological polar surface area (TPSA) is 32.3 Å². The van der Waals surface area contributed by atoms with Gasteiger partial charge in [-0.05, 0) is 44.1 Å². The lowest BCUT2D eigenvalue weighted by Crippen LogP contribution is -2.27. The Morgan fingerprint density at radius 1 is 1.22 bits per heavy atom. The van der Waals surface area contributed by atoms with Gasteiger partial charge in [0.2, 0.25) is 5.91 Å². The number of para-hydroxylation sites is 2. The Morgan fingerprint density at radius 2 is 1.91 bits per heavy atom. The van der Waals surface area contributed by atoms with Crippen molar-refractivity contribution < 1.29 is 4.79 Å². The number of anilines is 2. The number of nitrogens with zero attached hydrogens (tertiary/aromatic N) is 1. The van der Waals surface area contributed by atoms with Gasteiger partial charge in [0.15, 0.2) is 0 Å². The number of carbonyl (C=O) groups is 1. The van der Waals surface area contributed by atoms with Crippen LogP contribution in [0.15, 0.2) is 24.3 Å². The van der Waals surface area contributed by atoms with Crippen molar-refractivity contribution in [2.45, 2.75) is 57.6 Å². The lowest BCUT2D eigenvalue weighted by atomic mass is 10.2. The van der Waals surface area contributed by atoms with E-state index >= 15 is 0 Å². The fraction of sp³-hybridized carbons (Fsp3) is 0.632. The third kappa shape index (κ3) is 5.76. The molecule has 0 aliphatic carbocycles. The highest BCUT2D eigenvalue weighted by Crippen LogP contribution is 2.28. The lowest BCUT2D eigenvalue weighted by Gasteiger charge is -2.26. The van der Waals surface area contributed by atoms with E-state index in [1.165, 1.54) is 44.2 Å². The molecule has 0 spiro atoms. The van der Waals surface area contributed by atoms with E-state index in [0.717, 1.165) is 24.5 Å². The second-order valence-corrected chi connectivity index (χ2v) is 7.72. The number of amides is 1. The number of rotatable bonds is 7. The summed E-state index contributed by atoms with van der Waals surface area (Å²) < 4.78 is 0. The van der Waals surface area contributed by atoms with E-state index in [9.17, 15) is 4.79 Å². The minimum absolute atomic E-state index is 0.00117. The summed E-state index contributed by atoms with van der Waals surface area (Å²) in [6.07, 6.45) is 7.47. The molecule has 0 aromatic heterocycles. The second kappa shape index (κ2) is 9.86. The van der Waals surface area contributed by atoms with Crippen LogP contribution in [0.3, 0.4) is 0 Å². The van der Waals surface area contributed by atoms with Crippen molar-refractivity contribution >= 4 is 29.0 Å².